The maximum atomic E-state index is 12.1. The largest absolute Gasteiger partial charge is 0.478 e. The molecule has 1 aromatic heterocycles. The van der Waals surface area contributed by atoms with Gasteiger partial charge in [-0.25, -0.2) is 4.79 Å². The van der Waals surface area contributed by atoms with Crippen LogP contribution in [0.15, 0.2) is 10.7 Å². The third-order valence-electron chi connectivity index (χ3n) is 4.01. The van der Waals surface area contributed by atoms with Crippen LogP contribution in [0.25, 0.3) is 0 Å². The molecule has 2 heterocycles. The maximum absolute atomic E-state index is 12.1. The van der Waals surface area contributed by atoms with Gasteiger partial charge in [0.15, 0.2) is 0 Å². The molecule has 1 aromatic rings. The summed E-state index contributed by atoms with van der Waals surface area (Å²) in [5, 5.41) is 12.0. The number of carboxylic acids is 1. The van der Waals surface area contributed by atoms with Crippen LogP contribution < -0.4 is 5.32 Å². The highest BCUT2D eigenvalue weighted by Gasteiger charge is 2.42. The lowest BCUT2D eigenvalue weighted by Gasteiger charge is -2.40. The second-order valence-electron chi connectivity index (χ2n) is 5.22. The number of hydrogen-bond donors (Lipinski definition) is 2. The highest BCUT2D eigenvalue weighted by molar-refractivity contribution is 6.06. The maximum Gasteiger partial charge on any atom is 0.339 e. The van der Waals surface area contributed by atoms with Gasteiger partial charge in [-0.15, -0.1) is 0 Å². The molecule has 1 aliphatic heterocycles. The summed E-state index contributed by atoms with van der Waals surface area (Å²) in [5.74, 6) is -0.892. The van der Waals surface area contributed by atoms with Crippen molar-refractivity contribution in [2.24, 2.45) is 0 Å². The van der Waals surface area contributed by atoms with Gasteiger partial charge in [0.2, 0.25) is 0 Å². The van der Waals surface area contributed by atoms with Crippen molar-refractivity contribution < 1.29 is 19.1 Å². The quantitative estimate of drug-likeness (QED) is 0.797. The molecule has 0 unspecified atom stereocenters. The molecular formula is C13H15NO4. The van der Waals surface area contributed by atoms with Crippen molar-refractivity contribution in [3.8, 4) is 0 Å². The van der Waals surface area contributed by atoms with E-state index in [4.69, 9.17) is 9.52 Å². The number of carboxylic acid groups (broad SMARTS) is 1. The van der Waals surface area contributed by atoms with Gasteiger partial charge in [-0.3, -0.25) is 4.79 Å². The molecule has 18 heavy (non-hydrogen) atoms. The van der Waals surface area contributed by atoms with E-state index in [2.05, 4.69) is 5.32 Å². The average Bonchev–Trinajstić information content (AvgIpc) is 2.73. The van der Waals surface area contributed by atoms with Crippen LogP contribution in [0.4, 0.5) is 0 Å². The molecule has 0 aromatic carbocycles. The molecule has 2 N–H and O–H groups in total. The first-order chi connectivity index (χ1) is 8.61. The molecule has 5 heteroatoms. The van der Waals surface area contributed by atoms with Crippen molar-refractivity contribution in [2.75, 3.05) is 0 Å². The first-order valence-electron chi connectivity index (χ1n) is 6.27. The third kappa shape index (κ3) is 1.62. The molecule has 0 atom stereocenters. The molecule has 96 valence electrons. The monoisotopic (exact) mass is 249 g/mol. The topological polar surface area (TPSA) is 79.5 Å². The highest BCUT2D eigenvalue weighted by atomic mass is 16.4. The van der Waals surface area contributed by atoms with Crippen LogP contribution in [0.5, 0.6) is 0 Å². The molecule has 1 spiro atoms. The Hall–Kier alpha value is -1.78. The predicted octanol–water partition coefficient (Wildman–Crippen LogP) is 1.97. The minimum atomic E-state index is -1.12. The van der Waals surface area contributed by atoms with Crippen LogP contribution >= 0.6 is 0 Å². The molecular weight excluding hydrogens is 234 g/mol. The number of rotatable bonds is 1. The fourth-order valence-electron chi connectivity index (χ4n) is 3.12. The van der Waals surface area contributed by atoms with Gasteiger partial charge in [0.1, 0.15) is 17.6 Å². The Kier molecular flexibility index (Phi) is 2.43. The molecule has 1 saturated carbocycles. The van der Waals surface area contributed by atoms with Gasteiger partial charge < -0.3 is 14.8 Å². The number of nitrogens with one attached hydrogen (secondary N) is 1. The van der Waals surface area contributed by atoms with E-state index < -0.39 is 5.97 Å². The van der Waals surface area contributed by atoms with Crippen LogP contribution in [0.3, 0.4) is 0 Å². The van der Waals surface area contributed by atoms with Crippen LogP contribution in [0, 0.1) is 0 Å². The molecule has 2 aliphatic rings. The van der Waals surface area contributed by atoms with Crippen molar-refractivity contribution in [1.29, 1.82) is 0 Å². The number of carbonyl (C=O) groups excluding carboxylic acids is 1. The van der Waals surface area contributed by atoms with Crippen molar-refractivity contribution >= 4 is 11.9 Å². The van der Waals surface area contributed by atoms with Crippen LogP contribution in [-0.2, 0) is 6.42 Å². The fourth-order valence-corrected chi connectivity index (χ4v) is 3.12. The van der Waals surface area contributed by atoms with E-state index >= 15 is 0 Å². The van der Waals surface area contributed by atoms with E-state index in [-0.39, 0.29) is 22.6 Å². The van der Waals surface area contributed by atoms with Gasteiger partial charge in [0.25, 0.3) is 5.91 Å². The Bertz CT molecular complexity index is 511. The molecule has 1 fully saturated rings. The summed E-state index contributed by atoms with van der Waals surface area (Å²) in [6, 6.07) is 0. The minimum Gasteiger partial charge on any atom is -0.478 e. The van der Waals surface area contributed by atoms with Gasteiger partial charge in [-0.05, 0) is 12.8 Å². The summed E-state index contributed by atoms with van der Waals surface area (Å²) in [6.45, 7) is 0. The number of amides is 1. The number of fused-ring (bicyclic) bond motifs is 1. The van der Waals surface area contributed by atoms with Crippen molar-refractivity contribution in [1.82, 2.24) is 5.32 Å². The first kappa shape index (κ1) is 11.3. The van der Waals surface area contributed by atoms with E-state index in [0.717, 1.165) is 25.7 Å². The summed E-state index contributed by atoms with van der Waals surface area (Å²) in [7, 11) is 0. The number of furan rings is 1. The Morgan fingerprint density at radius 1 is 1.33 bits per heavy atom. The Morgan fingerprint density at radius 3 is 2.72 bits per heavy atom. The number of aromatic carboxylic acids is 1. The summed E-state index contributed by atoms with van der Waals surface area (Å²) in [6.07, 6.45) is 7.07. The van der Waals surface area contributed by atoms with E-state index in [1.807, 2.05) is 0 Å². The SMILES string of the molecule is O=C(O)c1coc2c1C(=O)NC1(CCCCC1)C2. The minimum absolute atomic E-state index is 0.0341. The summed E-state index contributed by atoms with van der Waals surface area (Å²) < 4.78 is 5.30. The van der Waals surface area contributed by atoms with Crippen LogP contribution in [0.1, 0.15) is 58.6 Å². The Balaban J connectivity index is 1.98. The molecule has 0 bridgehead atoms. The molecule has 0 saturated heterocycles. The number of hydrogen-bond acceptors (Lipinski definition) is 3. The summed E-state index contributed by atoms with van der Waals surface area (Å²) >= 11 is 0. The van der Waals surface area contributed by atoms with Crippen LogP contribution in [-0.4, -0.2) is 22.5 Å². The zero-order valence-electron chi connectivity index (χ0n) is 9.99. The summed E-state index contributed by atoms with van der Waals surface area (Å²) in [4.78, 5) is 23.1. The van der Waals surface area contributed by atoms with Crippen molar-refractivity contribution in [3.63, 3.8) is 0 Å². The second-order valence-corrected chi connectivity index (χ2v) is 5.22. The van der Waals surface area contributed by atoms with E-state index in [0.29, 0.717) is 12.2 Å². The van der Waals surface area contributed by atoms with Gasteiger partial charge >= 0.3 is 5.97 Å². The number of carbonyl (C=O) groups is 2. The second kappa shape index (κ2) is 3.86. The Labute approximate surface area is 104 Å². The average molecular weight is 249 g/mol. The van der Waals surface area contributed by atoms with Gasteiger partial charge in [-0.1, -0.05) is 19.3 Å². The lowest BCUT2D eigenvalue weighted by Crippen LogP contribution is -2.54. The molecule has 5 nitrogen and oxygen atoms in total. The van der Waals surface area contributed by atoms with Gasteiger partial charge in [-0.2, -0.15) is 0 Å². The van der Waals surface area contributed by atoms with Crippen molar-refractivity contribution in [2.45, 2.75) is 44.1 Å². The van der Waals surface area contributed by atoms with Crippen LogP contribution in [0.2, 0.25) is 0 Å². The molecule has 1 amide bonds. The third-order valence-corrected chi connectivity index (χ3v) is 4.01. The van der Waals surface area contributed by atoms with Crippen molar-refractivity contribution in [3.05, 3.63) is 23.2 Å². The standard InChI is InChI=1S/C13H15NO4/c15-11-10-8(12(16)17)7-18-9(10)6-13(14-11)4-2-1-3-5-13/h7H,1-6H2,(H,14,15)(H,16,17). The summed E-state index contributed by atoms with van der Waals surface area (Å²) in [5.41, 5.74) is -0.0393. The van der Waals surface area contributed by atoms with E-state index in [1.165, 1.54) is 12.7 Å². The van der Waals surface area contributed by atoms with E-state index in [9.17, 15) is 9.59 Å². The normalized spacial score (nSPS) is 21.4. The van der Waals surface area contributed by atoms with Gasteiger partial charge in [0.05, 0.1) is 5.56 Å². The van der Waals surface area contributed by atoms with Gasteiger partial charge in [0, 0.05) is 12.0 Å². The first-order valence-corrected chi connectivity index (χ1v) is 6.27. The Morgan fingerprint density at radius 2 is 2.06 bits per heavy atom. The molecule has 0 radical (unpaired) electrons. The smallest absolute Gasteiger partial charge is 0.339 e. The zero-order valence-corrected chi connectivity index (χ0v) is 9.99. The molecule has 3 rings (SSSR count). The lowest BCUT2D eigenvalue weighted by atomic mass is 9.76. The zero-order chi connectivity index (χ0) is 12.8. The van der Waals surface area contributed by atoms with E-state index in [1.54, 1.807) is 0 Å². The molecule has 1 aliphatic carbocycles. The predicted molar refractivity (Wildman–Crippen MR) is 62.7 cm³/mol. The highest BCUT2D eigenvalue weighted by Crippen LogP contribution is 2.36. The fraction of sp³-hybridized carbons (Fsp3) is 0.538. The lowest BCUT2D eigenvalue weighted by molar-refractivity contribution is 0.0685.